The van der Waals surface area contributed by atoms with Crippen LogP contribution >= 0.6 is 0 Å². The van der Waals surface area contributed by atoms with Crippen LogP contribution < -0.4 is 10.2 Å². The molecule has 0 fully saturated rings. The molecule has 4 rings (SSSR count). The molecule has 0 bridgehead atoms. The Hall–Kier alpha value is -2.69. The van der Waals surface area contributed by atoms with Gasteiger partial charge in [-0.25, -0.2) is 0 Å². The minimum absolute atomic E-state index is 0.000456. The average Bonchev–Trinajstić information content (AvgIpc) is 2.49. The summed E-state index contributed by atoms with van der Waals surface area (Å²) >= 11 is 0. The van der Waals surface area contributed by atoms with Crippen LogP contribution in [0.15, 0.2) is 33.5 Å². The summed E-state index contributed by atoms with van der Waals surface area (Å²) in [6.07, 6.45) is 1.47. The molecule has 0 atom stereocenters. The van der Waals surface area contributed by atoms with Gasteiger partial charge in [-0.15, -0.1) is 0 Å². The molecule has 3 aromatic rings. The largest absolute Gasteiger partial charge is 0.507 e. The van der Waals surface area contributed by atoms with Gasteiger partial charge < -0.3 is 19.4 Å². The van der Waals surface area contributed by atoms with E-state index >= 15 is 0 Å². The van der Waals surface area contributed by atoms with Gasteiger partial charge in [0.15, 0.2) is 11.3 Å². The molecule has 1 aliphatic heterocycles. The van der Waals surface area contributed by atoms with Gasteiger partial charge in [0, 0.05) is 5.56 Å². The van der Waals surface area contributed by atoms with Crippen molar-refractivity contribution >= 4 is 21.9 Å². The zero-order valence-electron chi connectivity index (χ0n) is 12.8. The number of fused-ring (bicyclic) bond motifs is 4. The number of ether oxygens (including phenoxy) is 1. The van der Waals surface area contributed by atoms with Crippen molar-refractivity contribution in [2.75, 3.05) is 0 Å². The first-order valence-electron chi connectivity index (χ1n) is 7.50. The van der Waals surface area contributed by atoms with Crippen LogP contribution in [0.1, 0.15) is 25.8 Å². The lowest BCUT2D eigenvalue weighted by Gasteiger charge is -2.32. The van der Waals surface area contributed by atoms with Gasteiger partial charge in [0.2, 0.25) is 5.43 Å². The fourth-order valence-electron chi connectivity index (χ4n) is 3.18. The second kappa shape index (κ2) is 4.41. The summed E-state index contributed by atoms with van der Waals surface area (Å²) in [4.78, 5) is 12.9. The Balaban J connectivity index is 2.15. The van der Waals surface area contributed by atoms with Gasteiger partial charge in [0.25, 0.3) is 0 Å². The van der Waals surface area contributed by atoms with Crippen molar-refractivity contribution in [1.82, 2.24) is 0 Å². The maximum Gasteiger partial charge on any atom is 0.204 e. The van der Waals surface area contributed by atoms with Crippen LogP contribution in [-0.2, 0) is 6.42 Å². The van der Waals surface area contributed by atoms with E-state index in [1.165, 1.54) is 12.1 Å². The molecule has 0 aliphatic carbocycles. The molecule has 0 radical (unpaired) electrons. The highest BCUT2D eigenvalue weighted by atomic mass is 16.5. The summed E-state index contributed by atoms with van der Waals surface area (Å²) in [6, 6.07) is 6.04. The van der Waals surface area contributed by atoms with Crippen molar-refractivity contribution in [3.05, 3.63) is 40.1 Å². The number of hydrogen-bond acceptors (Lipinski definition) is 5. The van der Waals surface area contributed by atoms with Crippen LogP contribution in [0.5, 0.6) is 17.2 Å². The number of aromatic hydroxyl groups is 2. The smallest absolute Gasteiger partial charge is 0.204 e. The summed E-state index contributed by atoms with van der Waals surface area (Å²) in [5, 5.41) is 20.3. The lowest BCUT2D eigenvalue weighted by molar-refractivity contribution is 0.0852. The molecule has 5 nitrogen and oxygen atoms in total. The molecule has 23 heavy (non-hydrogen) atoms. The van der Waals surface area contributed by atoms with E-state index in [1.807, 2.05) is 13.8 Å². The Morgan fingerprint density at radius 2 is 1.78 bits per heavy atom. The van der Waals surface area contributed by atoms with Gasteiger partial charge in [0.05, 0.1) is 5.39 Å². The Kier molecular flexibility index (Phi) is 2.67. The molecular weight excluding hydrogens is 296 g/mol. The maximum absolute atomic E-state index is 12.9. The first kappa shape index (κ1) is 13.9. The summed E-state index contributed by atoms with van der Waals surface area (Å²) in [7, 11) is 0. The summed E-state index contributed by atoms with van der Waals surface area (Å²) in [5.74, 6) is 0.287. The normalized spacial score (nSPS) is 16.3. The predicted octanol–water partition coefficient (Wildman–Crippen LogP) is 3.46. The molecule has 0 amide bonds. The van der Waals surface area contributed by atoms with Gasteiger partial charge in [-0.1, -0.05) is 0 Å². The van der Waals surface area contributed by atoms with Crippen LogP contribution in [0.4, 0.5) is 0 Å². The van der Waals surface area contributed by atoms with E-state index < -0.39 is 0 Å². The van der Waals surface area contributed by atoms with Gasteiger partial charge in [-0.05, 0) is 51.0 Å². The van der Waals surface area contributed by atoms with Crippen molar-refractivity contribution in [2.45, 2.75) is 32.3 Å². The van der Waals surface area contributed by atoms with E-state index in [0.29, 0.717) is 23.1 Å². The Labute approximate surface area is 131 Å². The van der Waals surface area contributed by atoms with E-state index in [-0.39, 0.29) is 33.5 Å². The third-order valence-corrected chi connectivity index (χ3v) is 4.38. The van der Waals surface area contributed by atoms with Crippen LogP contribution in [0, 0.1) is 0 Å². The zero-order chi connectivity index (χ0) is 16.4. The van der Waals surface area contributed by atoms with Crippen LogP contribution in [-0.4, -0.2) is 15.8 Å². The molecule has 2 aromatic carbocycles. The summed E-state index contributed by atoms with van der Waals surface area (Å²) in [6.45, 7) is 4.01. The number of phenolic OH excluding ortho intramolecular Hbond substituents is 2. The third kappa shape index (κ3) is 1.96. The Morgan fingerprint density at radius 3 is 2.57 bits per heavy atom. The molecule has 1 aromatic heterocycles. The standard InChI is InChI=1S/C18H16O5/c1-18(2)8-7-9-12(23-18)5-6-13-14(9)16(21)15-10(19)3-4-11(20)17(15)22-13/h3-6,19-20H,7-8H2,1-2H3. The highest BCUT2D eigenvalue weighted by molar-refractivity contribution is 5.97. The molecule has 0 spiro atoms. The molecule has 0 unspecified atom stereocenters. The molecule has 2 heterocycles. The third-order valence-electron chi connectivity index (χ3n) is 4.38. The Bertz CT molecular complexity index is 1010. The van der Waals surface area contributed by atoms with Gasteiger partial charge >= 0.3 is 0 Å². The lowest BCUT2D eigenvalue weighted by Crippen LogP contribution is -2.33. The van der Waals surface area contributed by atoms with Gasteiger partial charge in [-0.2, -0.15) is 0 Å². The van der Waals surface area contributed by atoms with E-state index in [2.05, 4.69) is 0 Å². The first-order chi connectivity index (χ1) is 10.9. The molecule has 0 saturated carbocycles. The minimum atomic E-state index is -0.352. The monoisotopic (exact) mass is 312 g/mol. The number of aryl methyl sites for hydroxylation is 1. The average molecular weight is 312 g/mol. The SMILES string of the molecule is CC1(C)CCc2c(ccc3oc4c(O)ccc(O)c4c(=O)c23)O1. The molecule has 118 valence electrons. The van der Waals surface area contributed by atoms with Crippen LogP contribution in [0.2, 0.25) is 0 Å². The van der Waals surface area contributed by atoms with E-state index in [9.17, 15) is 15.0 Å². The van der Waals surface area contributed by atoms with Crippen molar-refractivity contribution in [1.29, 1.82) is 0 Å². The van der Waals surface area contributed by atoms with E-state index in [4.69, 9.17) is 9.15 Å². The van der Waals surface area contributed by atoms with Crippen molar-refractivity contribution < 1.29 is 19.4 Å². The molecule has 1 aliphatic rings. The summed E-state index contributed by atoms with van der Waals surface area (Å²) < 4.78 is 11.6. The zero-order valence-corrected chi connectivity index (χ0v) is 12.8. The second-order valence-corrected chi connectivity index (χ2v) is 6.52. The Morgan fingerprint density at radius 1 is 1.04 bits per heavy atom. The molecular formula is C18H16O5. The fraction of sp³-hybridized carbons (Fsp3) is 0.278. The van der Waals surface area contributed by atoms with Crippen molar-refractivity contribution in [2.24, 2.45) is 0 Å². The molecule has 0 saturated heterocycles. The lowest BCUT2D eigenvalue weighted by atomic mass is 9.92. The fourth-order valence-corrected chi connectivity index (χ4v) is 3.18. The first-order valence-corrected chi connectivity index (χ1v) is 7.50. The second-order valence-electron chi connectivity index (χ2n) is 6.52. The highest BCUT2D eigenvalue weighted by Gasteiger charge is 2.29. The van der Waals surface area contributed by atoms with Crippen molar-refractivity contribution in [3.8, 4) is 17.2 Å². The van der Waals surface area contributed by atoms with Gasteiger partial charge in [0.1, 0.15) is 28.1 Å². The highest BCUT2D eigenvalue weighted by Crippen LogP contribution is 2.39. The van der Waals surface area contributed by atoms with Crippen LogP contribution in [0.25, 0.3) is 21.9 Å². The number of benzene rings is 2. The van der Waals surface area contributed by atoms with E-state index in [1.54, 1.807) is 12.1 Å². The van der Waals surface area contributed by atoms with Gasteiger partial charge in [-0.3, -0.25) is 4.79 Å². The van der Waals surface area contributed by atoms with Crippen LogP contribution in [0.3, 0.4) is 0 Å². The molecule has 5 heteroatoms. The quantitative estimate of drug-likeness (QED) is 0.491. The van der Waals surface area contributed by atoms with Crippen molar-refractivity contribution in [3.63, 3.8) is 0 Å². The number of rotatable bonds is 0. The predicted molar refractivity (Wildman–Crippen MR) is 86.3 cm³/mol. The number of hydrogen-bond donors (Lipinski definition) is 2. The topological polar surface area (TPSA) is 79.9 Å². The minimum Gasteiger partial charge on any atom is -0.507 e. The maximum atomic E-state index is 12.9. The number of phenols is 2. The molecule has 2 N–H and O–H groups in total. The van der Waals surface area contributed by atoms with E-state index in [0.717, 1.165) is 12.0 Å². The summed E-state index contributed by atoms with van der Waals surface area (Å²) in [5.41, 5.74) is 0.540.